The van der Waals surface area contributed by atoms with Crippen LogP contribution in [0.2, 0.25) is 10.0 Å². The molecule has 0 fully saturated rings. The number of amides is 2. The van der Waals surface area contributed by atoms with Gasteiger partial charge in [-0.25, -0.2) is 15.3 Å². The number of ether oxygens (including phenoxy) is 1. The van der Waals surface area contributed by atoms with Crippen LogP contribution in [0.15, 0.2) is 35.7 Å². The van der Waals surface area contributed by atoms with Gasteiger partial charge in [0.25, 0.3) is 0 Å². The first-order chi connectivity index (χ1) is 12.0. The third-order valence-electron chi connectivity index (χ3n) is 3.81. The Morgan fingerprint density at radius 1 is 1.36 bits per heavy atom. The number of nitrogens with one attached hydrogen (secondary N) is 1. The predicted molar refractivity (Wildman–Crippen MR) is 93.4 cm³/mol. The first-order valence-corrected chi connectivity index (χ1v) is 8.03. The number of fused-ring (bicyclic) bond motifs is 1. The third kappa shape index (κ3) is 3.53. The van der Waals surface area contributed by atoms with Crippen LogP contribution in [-0.2, 0) is 13.0 Å². The summed E-state index contributed by atoms with van der Waals surface area (Å²) >= 11 is 12.4. The molecule has 0 spiro atoms. The van der Waals surface area contributed by atoms with Crippen LogP contribution in [0.1, 0.15) is 16.7 Å². The Bertz CT molecular complexity index is 837. The molecule has 2 N–H and O–H groups in total. The summed E-state index contributed by atoms with van der Waals surface area (Å²) in [5.41, 5.74) is 4.51. The number of hydrogen-bond donors (Lipinski definition) is 2. The maximum atomic E-state index is 11.8. The van der Waals surface area contributed by atoms with E-state index in [0.29, 0.717) is 33.5 Å². The number of aromatic nitrogens is 1. The number of carbonyl (C=O) groups is 1. The van der Waals surface area contributed by atoms with Crippen LogP contribution in [0.25, 0.3) is 0 Å². The Morgan fingerprint density at radius 2 is 2.08 bits per heavy atom. The highest BCUT2D eigenvalue weighted by molar-refractivity contribution is 6.36. The summed E-state index contributed by atoms with van der Waals surface area (Å²) in [6.45, 7) is 0.195. The van der Waals surface area contributed by atoms with Crippen molar-refractivity contribution in [3.63, 3.8) is 0 Å². The van der Waals surface area contributed by atoms with Crippen molar-refractivity contribution in [3.8, 4) is 5.75 Å². The maximum absolute atomic E-state index is 11.8. The largest absolute Gasteiger partial charge is 0.497 e. The fraction of sp³-hybridized carbons (Fsp3) is 0.188. The van der Waals surface area contributed by atoms with Crippen molar-refractivity contribution < 1.29 is 14.7 Å². The van der Waals surface area contributed by atoms with Crippen LogP contribution in [0.5, 0.6) is 5.75 Å². The van der Waals surface area contributed by atoms with Crippen LogP contribution in [0, 0.1) is 0 Å². The molecule has 2 heterocycles. The van der Waals surface area contributed by atoms with E-state index < -0.39 is 6.03 Å². The summed E-state index contributed by atoms with van der Waals surface area (Å²) in [7, 11) is 1.56. The second-order valence-electron chi connectivity index (χ2n) is 5.30. The number of pyridine rings is 1. The first-order valence-electron chi connectivity index (χ1n) is 7.27. The monoisotopic (exact) mass is 380 g/mol. The summed E-state index contributed by atoms with van der Waals surface area (Å²) in [5, 5.41) is 15.2. The van der Waals surface area contributed by atoms with E-state index >= 15 is 0 Å². The molecule has 25 heavy (non-hydrogen) atoms. The topological polar surface area (TPSA) is 87.0 Å². The number of benzene rings is 1. The lowest BCUT2D eigenvalue weighted by molar-refractivity contribution is 0.127. The lowest BCUT2D eigenvalue weighted by Gasteiger charge is -2.26. The Balaban J connectivity index is 2.05. The van der Waals surface area contributed by atoms with Gasteiger partial charge in [0.05, 0.1) is 29.4 Å². The van der Waals surface area contributed by atoms with Gasteiger partial charge < -0.3 is 4.74 Å². The van der Waals surface area contributed by atoms with Crippen molar-refractivity contribution in [1.82, 2.24) is 15.5 Å². The number of carbonyl (C=O) groups excluding carboxylic acids is 1. The van der Waals surface area contributed by atoms with Crippen LogP contribution in [0.3, 0.4) is 0 Å². The minimum absolute atomic E-state index is 0.195. The van der Waals surface area contributed by atoms with Crippen molar-refractivity contribution in [2.75, 3.05) is 7.11 Å². The van der Waals surface area contributed by atoms with Gasteiger partial charge in [0.1, 0.15) is 5.75 Å². The molecule has 0 unspecified atom stereocenters. The zero-order valence-electron chi connectivity index (χ0n) is 13.2. The molecule has 1 aliphatic rings. The third-order valence-corrected chi connectivity index (χ3v) is 4.46. The van der Waals surface area contributed by atoms with Gasteiger partial charge in [-0.3, -0.25) is 10.2 Å². The van der Waals surface area contributed by atoms with Crippen molar-refractivity contribution in [3.05, 3.63) is 57.3 Å². The van der Waals surface area contributed by atoms with Crippen molar-refractivity contribution >= 4 is 34.9 Å². The molecule has 0 bridgehead atoms. The van der Waals surface area contributed by atoms with E-state index in [9.17, 15) is 4.79 Å². The molecular formula is C16H14Cl2N4O3. The zero-order chi connectivity index (χ0) is 18.0. The summed E-state index contributed by atoms with van der Waals surface area (Å²) in [4.78, 5) is 15.8. The molecule has 0 aliphatic carbocycles. The normalized spacial score (nSPS) is 13.1. The Morgan fingerprint density at radius 3 is 2.72 bits per heavy atom. The lowest BCUT2D eigenvalue weighted by atomic mass is 9.96. The van der Waals surface area contributed by atoms with Gasteiger partial charge in [-0.05, 0) is 29.3 Å². The van der Waals surface area contributed by atoms with E-state index in [1.54, 1.807) is 12.6 Å². The number of hydroxylamine groups is 1. The minimum atomic E-state index is -0.738. The average molecular weight is 381 g/mol. The Kier molecular flexibility index (Phi) is 5.08. The highest BCUT2D eigenvalue weighted by atomic mass is 35.5. The molecule has 9 heteroatoms. The van der Waals surface area contributed by atoms with E-state index in [1.807, 2.05) is 18.2 Å². The van der Waals surface area contributed by atoms with Crippen molar-refractivity contribution in [2.45, 2.75) is 13.0 Å². The Labute approximate surface area is 153 Å². The molecule has 1 aliphatic heterocycles. The molecule has 130 valence electrons. The molecule has 1 aromatic carbocycles. The van der Waals surface area contributed by atoms with E-state index in [4.69, 9.17) is 33.1 Å². The highest BCUT2D eigenvalue weighted by Gasteiger charge is 2.25. The molecule has 1 aromatic heterocycles. The van der Waals surface area contributed by atoms with Gasteiger partial charge in [-0.15, -0.1) is 0 Å². The smallest absolute Gasteiger partial charge is 0.361 e. The van der Waals surface area contributed by atoms with Gasteiger partial charge in [-0.2, -0.15) is 5.10 Å². The molecule has 3 rings (SSSR count). The number of hydrogen-bond acceptors (Lipinski definition) is 5. The second kappa shape index (κ2) is 7.26. The molecule has 2 aromatic rings. The number of halogens is 2. The number of urea groups is 1. The Hall–Kier alpha value is -2.35. The molecule has 0 saturated heterocycles. The predicted octanol–water partition coefficient (Wildman–Crippen LogP) is 3.26. The van der Waals surface area contributed by atoms with Crippen molar-refractivity contribution in [1.29, 1.82) is 0 Å². The average Bonchev–Trinajstić information content (AvgIpc) is 2.63. The fourth-order valence-electron chi connectivity index (χ4n) is 2.59. The van der Waals surface area contributed by atoms with E-state index in [-0.39, 0.29) is 6.54 Å². The number of methoxy groups -OCH3 is 1. The van der Waals surface area contributed by atoms with Crippen LogP contribution in [-0.4, -0.2) is 34.1 Å². The van der Waals surface area contributed by atoms with Crippen LogP contribution in [0.4, 0.5) is 4.79 Å². The minimum Gasteiger partial charge on any atom is -0.497 e. The van der Waals surface area contributed by atoms with Gasteiger partial charge in [0.15, 0.2) is 0 Å². The molecule has 0 radical (unpaired) electrons. The van der Waals surface area contributed by atoms with Crippen LogP contribution < -0.4 is 10.2 Å². The van der Waals surface area contributed by atoms with Gasteiger partial charge in [0.2, 0.25) is 0 Å². The van der Waals surface area contributed by atoms with Gasteiger partial charge in [0, 0.05) is 24.4 Å². The zero-order valence-corrected chi connectivity index (χ0v) is 14.7. The molecule has 0 atom stereocenters. The highest BCUT2D eigenvalue weighted by Crippen LogP contribution is 2.29. The number of rotatable bonds is 3. The standard InChI is InChI=1S/C16H14Cl2N4O3/c1-25-10-2-3-11-9(4-10)8-22(16(23)21-24)20-15(11)5-12-13(17)6-19-7-14(12)18/h2-4,6-7,24H,5,8H2,1H3,(H,21,23). The summed E-state index contributed by atoms with van der Waals surface area (Å²) < 4.78 is 5.24. The number of nitrogens with zero attached hydrogens (tertiary/aromatic N) is 3. The quantitative estimate of drug-likeness (QED) is 0.631. The maximum Gasteiger partial charge on any atom is 0.361 e. The first kappa shape index (κ1) is 17.5. The van der Waals surface area contributed by atoms with E-state index in [1.165, 1.54) is 12.4 Å². The van der Waals surface area contributed by atoms with E-state index in [0.717, 1.165) is 16.1 Å². The summed E-state index contributed by atoms with van der Waals surface area (Å²) in [5.74, 6) is 0.657. The van der Waals surface area contributed by atoms with Gasteiger partial charge in [-0.1, -0.05) is 23.2 Å². The van der Waals surface area contributed by atoms with E-state index in [2.05, 4.69) is 10.1 Å². The summed E-state index contributed by atoms with van der Waals surface area (Å²) in [6, 6.07) is 4.76. The molecular weight excluding hydrogens is 367 g/mol. The fourth-order valence-corrected chi connectivity index (χ4v) is 3.08. The molecule has 7 nitrogen and oxygen atoms in total. The molecule has 2 amide bonds. The number of hydrazone groups is 1. The van der Waals surface area contributed by atoms with Gasteiger partial charge >= 0.3 is 6.03 Å². The summed E-state index contributed by atoms with van der Waals surface area (Å²) in [6.07, 6.45) is 3.30. The van der Waals surface area contributed by atoms with Crippen molar-refractivity contribution in [2.24, 2.45) is 5.10 Å². The second-order valence-corrected chi connectivity index (χ2v) is 6.12. The SMILES string of the molecule is COc1ccc2c(c1)CN(C(=O)NO)N=C2Cc1c(Cl)cncc1Cl. The lowest BCUT2D eigenvalue weighted by Crippen LogP contribution is -2.38. The van der Waals surface area contributed by atoms with Crippen LogP contribution >= 0.6 is 23.2 Å². The molecule has 0 saturated carbocycles.